The van der Waals surface area contributed by atoms with E-state index in [9.17, 15) is 23.6 Å². The van der Waals surface area contributed by atoms with Gasteiger partial charge in [-0.2, -0.15) is 0 Å². The number of rotatable bonds is 5. The molecule has 9 heteroatoms. The van der Waals surface area contributed by atoms with Crippen molar-refractivity contribution in [3.63, 3.8) is 0 Å². The predicted molar refractivity (Wildman–Crippen MR) is 119 cm³/mol. The lowest BCUT2D eigenvalue weighted by Gasteiger charge is -2.36. The fourth-order valence-corrected chi connectivity index (χ4v) is 3.95. The maximum Gasteiger partial charge on any atom is 0.273 e. The molecule has 0 aliphatic carbocycles. The van der Waals surface area contributed by atoms with Crippen LogP contribution in [0.5, 0.6) is 0 Å². The van der Waals surface area contributed by atoms with E-state index in [1.54, 1.807) is 41.3 Å². The summed E-state index contributed by atoms with van der Waals surface area (Å²) >= 11 is 0. The quantitative estimate of drug-likeness (QED) is 0.613. The minimum Gasteiger partial charge on any atom is -0.366 e. The number of anilines is 1. The highest BCUT2D eigenvalue weighted by atomic mass is 19.1. The number of aryl methyl sites for hydroxylation is 1. The third-order valence-electron chi connectivity index (χ3n) is 5.76. The number of aromatic nitrogens is 2. The molecule has 1 aromatic heterocycles. The summed E-state index contributed by atoms with van der Waals surface area (Å²) in [7, 11) is 0. The number of hydrogen-bond acceptors (Lipinski definition) is 5. The zero-order chi connectivity index (χ0) is 22.8. The van der Waals surface area contributed by atoms with Crippen LogP contribution in [-0.2, 0) is 11.3 Å². The average Bonchev–Trinajstić information content (AvgIpc) is 2.80. The van der Waals surface area contributed by atoms with Gasteiger partial charge in [0.15, 0.2) is 5.78 Å². The number of Topliss-reactive ketones (excluding diaryl/α,β-unsaturated/α-hetero) is 1. The first-order chi connectivity index (χ1) is 15.3. The average molecular weight is 438 g/mol. The van der Waals surface area contributed by atoms with Crippen LogP contribution in [0.2, 0.25) is 0 Å². The fraction of sp³-hybridized carbons (Fsp3) is 0.304. The molecule has 4 rings (SSSR count). The van der Waals surface area contributed by atoms with Crippen molar-refractivity contribution in [2.75, 3.05) is 31.1 Å². The van der Waals surface area contributed by atoms with Gasteiger partial charge in [0.05, 0.1) is 23.0 Å². The van der Waals surface area contributed by atoms with Crippen LogP contribution < -0.4 is 16.0 Å². The molecule has 166 valence electrons. The number of carbonyl (C=O) groups is 2. The summed E-state index contributed by atoms with van der Waals surface area (Å²) in [6.45, 7) is 3.19. The van der Waals surface area contributed by atoms with Gasteiger partial charge in [-0.15, -0.1) is 0 Å². The van der Waals surface area contributed by atoms with Gasteiger partial charge >= 0.3 is 0 Å². The topological polar surface area (TPSA) is 95.5 Å². The zero-order valence-electron chi connectivity index (χ0n) is 17.6. The van der Waals surface area contributed by atoms with Crippen molar-refractivity contribution in [2.45, 2.75) is 19.9 Å². The highest BCUT2D eigenvalue weighted by Gasteiger charge is 2.23. The SMILES string of the molecule is CC(=O)c1ccc(N2CCN(C(=O)CCn3[nH]c(=O)c4ccccc4c3=O)CC2)c(F)c1. The van der Waals surface area contributed by atoms with Crippen LogP contribution in [0.4, 0.5) is 10.1 Å². The number of nitrogens with one attached hydrogen (secondary N) is 1. The van der Waals surface area contributed by atoms with Crippen LogP contribution >= 0.6 is 0 Å². The molecule has 1 N–H and O–H groups in total. The smallest absolute Gasteiger partial charge is 0.273 e. The van der Waals surface area contributed by atoms with Gasteiger partial charge < -0.3 is 9.80 Å². The Kier molecular flexibility index (Phi) is 5.89. The maximum atomic E-state index is 14.4. The van der Waals surface area contributed by atoms with E-state index < -0.39 is 5.82 Å². The van der Waals surface area contributed by atoms with E-state index in [2.05, 4.69) is 5.10 Å². The van der Waals surface area contributed by atoms with E-state index in [1.807, 2.05) is 4.90 Å². The second-order valence-electron chi connectivity index (χ2n) is 7.78. The molecule has 0 unspecified atom stereocenters. The minimum atomic E-state index is -0.461. The fourth-order valence-electron chi connectivity index (χ4n) is 3.95. The largest absolute Gasteiger partial charge is 0.366 e. The Morgan fingerprint density at radius 1 is 1.00 bits per heavy atom. The van der Waals surface area contributed by atoms with E-state index >= 15 is 0 Å². The number of carbonyl (C=O) groups excluding carboxylic acids is 2. The van der Waals surface area contributed by atoms with Crippen molar-refractivity contribution >= 4 is 28.2 Å². The van der Waals surface area contributed by atoms with Gasteiger partial charge in [-0.25, -0.2) is 9.07 Å². The number of piperazine rings is 1. The molecule has 2 aromatic carbocycles. The zero-order valence-corrected chi connectivity index (χ0v) is 17.6. The summed E-state index contributed by atoms with van der Waals surface area (Å²) in [5.41, 5.74) is 0.00538. The van der Waals surface area contributed by atoms with Crippen LogP contribution in [0, 0.1) is 5.82 Å². The first-order valence-corrected chi connectivity index (χ1v) is 10.4. The summed E-state index contributed by atoms with van der Waals surface area (Å²) in [5.74, 6) is -0.798. The van der Waals surface area contributed by atoms with Crippen molar-refractivity contribution in [2.24, 2.45) is 0 Å². The summed E-state index contributed by atoms with van der Waals surface area (Å²) in [6.07, 6.45) is 0.0653. The van der Waals surface area contributed by atoms with Crippen molar-refractivity contribution in [3.05, 3.63) is 74.6 Å². The number of benzene rings is 2. The summed E-state index contributed by atoms with van der Waals surface area (Å²) in [4.78, 5) is 52.3. The maximum absolute atomic E-state index is 14.4. The number of aromatic amines is 1. The molecule has 8 nitrogen and oxygen atoms in total. The van der Waals surface area contributed by atoms with Crippen LogP contribution in [0.15, 0.2) is 52.1 Å². The van der Waals surface area contributed by atoms with Gasteiger partial charge in [-0.1, -0.05) is 12.1 Å². The molecule has 1 aliphatic heterocycles. The van der Waals surface area contributed by atoms with Crippen LogP contribution in [0.1, 0.15) is 23.7 Å². The number of H-pyrrole nitrogens is 1. The summed E-state index contributed by atoms with van der Waals surface area (Å²) in [6, 6.07) is 11.0. The third kappa shape index (κ3) is 4.18. The number of fused-ring (bicyclic) bond motifs is 1. The van der Waals surface area contributed by atoms with Gasteiger partial charge in [0.2, 0.25) is 5.91 Å². The van der Waals surface area contributed by atoms with E-state index in [4.69, 9.17) is 0 Å². The van der Waals surface area contributed by atoms with Crippen LogP contribution in [0.3, 0.4) is 0 Å². The molecule has 0 saturated carbocycles. The Morgan fingerprint density at radius 2 is 1.69 bits per heavy atom. The molecule has 1 aliphatic rings. The normalized spacial score (nSPS) is 14.1. The second kappa shape index (κ2) is 8.78. The Bertz CT molecular complexity index is 1310. The van der Waals surface area contributed by atoms with Gasteiger partial charge in [-0.3, -0.25) is 24.3 Å². The van der Waals surface area contributed by atoms with Crippen LogP contribution in [-0.4, -0.2) is 52.5 Å². The Labute approximate surface area is 182 Å². The predicted octanol–water partition coefficient (Wildman–Crippen LogP) is 1.77. The number of hydrogen-bond donors (Lipinski definition) is 1. The minimum absolute atomic E-state index is 0.0653. The number of halogens is 1. The molecule has 1 amide bonds. The monoisotopic (exact) mass is 438 g/mol. The van der Waals surface area contributed by atoms with E-state index in [1.165, 1.54) is 17.7 Å². The molecular weight excluding hydrogens is 415 g/mol. The van der Waals surface area contributed by atoms with Crippen molar-refractivity contribution in [1.82, 2.24) is 14.7 Å². The number of ketones is 1. The summed E-state index contributed by atoms with van der Waals surface area (Å²) < 4.78 is 15.6. The standard InChI is InChI=1S/C23H23FN4O4/c1-15(29)16-6-7-20(19(24)14-16)26-10-12-27(13-11-26)21(30)8-9-28-23(32)18-5-3-2-4-17(18)22(31)25-28/h2-7,14H,8-13H2,1H3,(H,25,31). The number of amides is 1. The lowest BCUT2D eigenvalue weighted by molar-refractivity contribution is -0.131. The Morgan fingerprint density at radius 3 is 2.34 bits per heavy atom. The van der Waals surface area contributed by atoms with Crippen molar-refractivity contribution in [3.8, 4) is 0 Å². The van der Waals surface area contributed by atoms with Gasteiger partial charge in [-0.05, 0) is 37.3 Å². The molecule has 2 heterocycles. The van der Waals surface area contributed by atoms with Gasteiger partial charge in [0.1, 0.15) is 5.82 Å². The molecule has 3 aromatic rings. The molecule has 0 spiro atoms. The van der Waals surface area contributed by atoms with E-state index in [-0.39, 0.29) is 35.8 Å². The van der Waals surface area contributed by atoms with Crippen LogP contribution in [0.25, 0.3) is 10.8 Å². The highest BCUT2D eigenvalue weighted by molar-refractivity contribution is 5.94. The first kappa shape index (κ1) is 21.5. The molecule has 0 bridgehead atoms. The second-order valence-corrected chi connectivity index (χ2v) is 7.78. The molecule has 1 saturated heterocycles. The number of nitrogens with zero attached hydrogens (tertiary/aromatic N) is 3. The Balaban J connectivity index is 1.38. The first-order valence-electron chi connectivity index (χ1n) is 10.4. The molecule has 0 atom stereocenters. The lowest BCUT2D eigenvalue weighted by Crippen LogP contribution is -2.49. The lowest BCUT2D eigenvalue weighted by atomic mass is 10.1. The van der Waals surface area contributed by atoms with Gasteiger partial charge in [0.25, 0.3) is 11.1 Å². The van der Waals surface area contributed by atoms with Crippen molar-refractivity contribution in [1.29, 1.82) is 0 Å². The molecule has 1 fully saturated rings. The molecular formula is C23H23FN4O4. The molecule has 0 radical (unpaired) electrons. The summed E-state index contributed by atoms with van der Waals surface area (Å²) in [5, 5.41) is 3.16. The van der Waals surface area contributed by atoms with Crippen molar-refractivity contribution < 1.29 is 14.0 Å². The van der Waals surface area contributed by atoms with E-state index in [0.29, 0.717) is 48.2 Å². The Hall–Kier alpha value is -3.75. The highest BCUT2D eigenvalue weighted by Crippen LogP contribution is 2.22. The van der Waals surface area contributed by atoms with Gasteiger partial charge in [0, 0.05) is 38.2 Å². The third-order valence-corrected chi connectivity index (χ3v) is 5.76. The molecule has 32 heavy (non-hydrogen) atoms. The van der Waals surface area contributed by atoms with E-state index in [0.717, 1.165) is 0 Å².